The maximum Gasteiger partial charge on any atom is 0.326 e. The van der Waals surface area contributed by atoms with Crippen LogP contribution in [0.2, 0.25) is 0 Å². The summed E-state index contributed by atoms with van der Waals surface area (Å²) in [7, 11) is 0. The van der Waals surface area contributed by atoms with E-state index in [1.807, 2.05) is 6.92 Å². The molecule has 0 aromatic heterocycles. The van der Waals surface area contributed by atoms with Crippen molar-refractivity contribution in [3.63, 3.8) is 0 Å². The maximum absolute atomic E-state index is 13.4. The van der Waals surface area contributed by atoms with Gasteiger partial charge in [-0.25, -0.2) is 9.18 Å². The lowest BCUT2D eigenvalue weighted by molar-refractivity contribution is 0.100. The van der Waals surface area contributed by atoms with Crippen molar-refractivity contribution >= 4 is 23.3 Å². The number of hydrogen-bond donors (Lipinski definition) is 2. The van der Waals surface area contributed by atoms with Crippen LogP contribution in [0.15, 0.2) is 36.4 Å². The molecule has 0 bridgehead atoms. The summed E-state index contributed by atoms with van der Waals surface area (Å²) in [5, 5.41) is 2.76. The quantitative estimate of drug-likeness (QED) is 0.894. The van der Waals surface area contributed by atoms with Gasteiger partial charge < -0.3 is 11.1 Å². The van der Waals surface area contributed by atoms with Crippen LogP contribution < -0.4 is 16.0 Å². The molecular formula is C17H16FN3O2. The molecule has 118 valence electrons. The van der Waals surface area contributed by atoms with E-state index in [0.29, 0.717) is 29.9 Å². The first-order valence-electron chi connectivity index (χ1n) is 7.23. The number of hydrogen-bond acceptors (Lipinski definition) is 2. The molecule has 0 saturated heterocycles. The van der Waals surface area contributed by atoms with Crippen molar-refractivity contribution in [2.45, 2.75) is 13.3 Å². The van der Waals surface area contributed by atoms with Crippen LogP contribution in [-0.4, -0.2) is 18.5 Å². The Balaban J connectivity index is 1.85. The van der Waals surface area contributed by atoms with Crippen LogP contribution in [0.4, 0.5) is 20.6 Å². The Labute approximate surface area is 132 Å². The van der Waals surface area contributed by atoms with E-state index in [9.17, 15) is 14.0 Å². The minimum absolute atomic E-state index is 0.318. The number of halogens is 1. The first-order valence-corrected chi connectivity index (χ1v) is 7.23. The Kier molecular flexibility index (Phi) is 3.73. The molecule has 5 nitrogen and oxygen atoms in total. The van der Waals surface area contributed by atoms with Gasteiger partial charge in [0.1, 0.15) is 5.82 Å². The van der Waals surface area contributed by atoms with E-state index in [2.05, 4.69) is 5.32 Å². The number of benzene rings is 2. The van der Waals surface area contributed by atoms with Gasteiger partial charge >= 0.3 is 6.03 Å². The molecule has 1 aliphatic heterocycles. The lowest BCUT2D eigenvalue weighted by Crippen LogP contribution is -2.33. The first-order chi connectivity index (χ1) is 11.0. The number of nitrogens with zero attached hydrogens (tertiary/aromatic N) is 1. The number of anilines is 2. The van der Waals surface area contributed by atoms with Crippen LogP contribution in [0.3, 0.4) is 0 Å². The molecule has 0 unspecified atom stereocenters. The highest BCUT2D eigenvalue weighted by molar-refractivity contribution is 6.04. The normalized spacial score (nSPS) is 12.9. The molecule has 23 heavy (non-hydrogen) atoms. The lowest BCUT2D eigenvalue weighted by Gasteiger charge is -2.19. The molecule has 0 aliphatic carbocycles. The average molecular weight is 313 g/mol. The number of urea groups is 1. The van der Waals surface area contributed by atoms with Gasteiger partial charge in [0, 0.05) is 17.8 Å². The molecule has 3 rings (SSSR count). The van der Waals surface area contributed by atoms with Gasteiger partial charge in [-0.2, -0.15) is 0 Å². The Hall–Kier alpha value is -2.89. The number of primary amides is 1. The van der Waals surface area contributed by atoms with E-state index >= 15 is 0 Å². The molecule has 0 radical (unpaired) electrons. The summed E-state index contributed by atoms with van der Waals surface area (Å²) in [5.41, 5.74) is 8.41. The van der Waals surface area contributed by atoms with Crippen molar-refractivity contribution in [2.24, 2.45) is 5.73 Å². The highest BCUT2D eigenvalue weighted by atomic mass is 19.1. The van der Waals surface area contributed by atoms with Crippen molar-refractivity contribution in [1.82, 2.24) is 0 Å². The van der Waals surface area contributed by atoms with E-state index < -0.39 is 5.91 Å². The van der Waals surface area contributed by atoms with Gasteiger partial charge in [-0.05, 0) is 48.7 Å². The lowest BCUT2D eigenvalue weighted by atomic mass is 10.1. The third-order valence-electron chi connectivity index (χ3n) is 3.95. The van der Waals surface area contributed by atoms with Gasteiger partial charge in [-0.3, -0.25) is 9.69 Å². The minimum Gasteiger partial charge on any atom is -0.366 e. The Morgan fingerprint density at radius 2 is 2.00 bits per heavy atom. The number of carbonyl (C=O) groups excluding carboxylic acids is 2. The van der Waals surface area contributed by atoms with Gasteiger partial charge in [0.25, 0.3) is 0 Å². The van der Waals surface area contributed by atoms with Crippen LogP contribution in [0, 0.1) is 12.7 Å². The van der Waals surface area contributed by atoms with Crippen molar-refractivity contribution < 1.29 is 14.0 Å². The fourth-order valence-corrected chi connectivity index (χ4v) is 2.66. The first kappa shape index (κ1) is 15.0. The Bertz CT molecular complexity index is 804. The molecule has 3 N–H and O–H groups in total. The smallest absolute Gasteiger partial charge is 0.326 e. The molecule has 1 aliphatic rings. The topological polar surface area (TPSA) is 75.4 Å². The van der Waals surface area contributed by atoms with Gasteiger partial charge in [0.2, 0.25) is 5.91 Å². The summed E-state index contributed by atoms with van der Waals surface area (Å²) in [6, 6.07) is 8.94. The molecule has 1 heterocycles. The number of nitrogens with one attached hydrogen (secondary N) is 1. The van der Waals surface area contributed by atoms with E-state index in [1.54, 1.807) is 18.2 Å². The fraction of sp³-hybridized carbons (Fsp3) is 0.176. The van der Waals surface area contributed by atoms with Crippen molar-refractivity contribution in [3.05, 3.63) is 58.9 Å². The maximum atomic E-state index is 13.4. The molecule has 0 spiro atoms. The predicted molar refractivity (Wildman–Crippen MR) is 86.2 cm³/mol. The van der Waals surface area contributed by atoms with E-state index in [-0.39, 0.29) is 11.8 Å². The summed E-state index contributed by atoms with van der Waals surface area (Å²) >= 11 is 0. The highest BCUT2D eigenvalue weighted by Gasteiger charge is 2.25. The number of fused-ring (bicyclic) bond motifs is 1. The second-order valence-electron chi connectivity index (χ2n) is 5.50. The SMILES string of the molecule is Cc1ccc(C(N)=O)cc1NC(=O)N1CCc2ccc(F)cc21. The summed E-state index contributed by atoms with van der Waals surface area (Å²) < 4.78 is 13.4. The predicted octanol–water partition coefficient (Wildman–Crippen LogP) is 2.83. The second-order valence-corrected chi connectivity index (χ2v) is 5.50. The number of amides is 3. The number of rotatable bonds is 2. The zero-order valence-corrected chi connectivity index (χ0v) is 12.6. The molecule has 2 aromatic rings. The Morgan fingerprint density at radius 3 is 2.74 bits per heavy atom. The molecule has 0 fully saturated rings. The summed E-state index contributed by atoms with van der Waals surface area (Å²) in [6.45, 7) is 2.30. The van der Waals surface area contributed by atoms with E-state index in [1.165, 1.54) is 23.1 Å². The van der Waals surface area contributed by atoms with Crippen molar-refractivity contribution in [1.29, 1.82) is 0 Å². The molecule has 0 saturated carbocycles. The molecule has 3 amide bonds. The third-order valence-corrected chi connectivity index (χ3v) is 3.95. The Morgan fingerprint density at radius 1 is 1.22 bits per heavy atom. The highest BCUT2D eigenvalue weighted by Crippen LogP contribution is 2.29. The van der Waals surface area contributed by atoms with Gasteiger partial charge in [-0.1, -0.05) is 12.1 Å². The molecule has 0 atom stereocenters. The second kappa shape index (κ2) is 5.72. The third kappa shape index (κ3) is 2.88. The van der Waals surface area contributed by atoms with Gasteiger partial charge in [0.15, 0.2) is 0 Å². The zero-order chi connectivity index (χ0) is 16.6. The van der Waals surface area contributed by atoms with E-state index in [0.717, 1.165) is 11.1 Å². The summed E-state index contributed by atoms with van der Waals surface area (Å²) in [5.74, 6) is -0.940. The molecular weight excluding hydrogens is 297 g/mol. The number of carbonyl (C=O) groups is 2. The standard InChI is InChI=1S/C17H16FN3O2/c1-10-2-3-12(16(19)22)8-14(10)20-17(23)21-7-6-11-4-5-13(18)9-15(11)21/h2-5,8-9H,6-7H2,1H3,(H2,19,22)(H,20,23). The van der Waals surface area contributed by atoms with Crippen LogP contribution in [0.1, 0.15) is 21.5 Å². The summed E-state index contributed by atoms with van der Waals surface area (Å²) in [6.07, 6.45) is 0.684. The average Bonchev–Trinajstić information content (AvgIpc) is 2.92. The van der Waals surface area contributed by atoms with Crippen LogP contribution in [-0.2, 0) is 6.42 Å². The number of aryl methyl sites for hydroxylation is 1. The van der Waals surface area contributed by atoms with Gasteiger partial charge in [0.05, 0.1) is 5.69 Å². The monoisotopic (exact) mass is 313 g/mol. The van der Waals surface area contributed by atoms with Crippen LogP contribution in [0.25, 0.3) is 0 Å². The fourth-order valence-electron chi connectivity index (χ4n) is 2.66. The largest absolute Gasteiger partial charge is 0.366 e. The molecule has 2 aromatic carbocycles. The van der Waals surface area contributed by atoms with Crippen LogP contribution >= 0.6 is 0 Å². The molecule has 6 heteroatoms. The number of nitrogens with two attached hydrogens (primary N) is 1. The summed E-state index contributed by atoms with van der Waals surface area (Å²) in [4.78, 5) is 25.3. The van der Waals surface area contributed by atoms with Gasteiger partial charge in [-0.15, -0.1) is 0 Å². The zero-order valence-electron chi connectivity index (χ0n) is 12.6. The van der Waals surface area contributed by atoms with Crippen molar-refractivity contribution in [2.75, 3.05) is 16.8 Å². The van der Waals surface area contributed by atoms with Crippen LogP contribution in [0.5, 0.6) is 0 Å². The van der Waals surface area contributed by atoms with E-state index in [4.69, 9.17) is 5.73 Å². The van der Waals surface area contributed by atoms with Crippen molar-refractivity contribution in [3.8, 4) is 0 Å². The minimum atomic E-state index is -0.561.